The second kappa shape index (κ2) is 8.80. The molecule has 0 aliphatic heterocycles. The number of ether oxygens (including phenoxy) is 2. The quantitative estimate of drug-likeness (QED) is 0.668. The van der Waals surface area contributed by atoms with Crippen molar-refractivity contribution in [3.05, 3.63) is 72.6 Å². The lowest BCUT2D eigenvalue weighted by molar-refractivity contribution is 0.252. The molecular formula is C21H23N3O3. The number of nitrogens with one attached hydrogen (secondary N) is 2. The number of carbonyl (C=O) groups excluding carboxylic acids is 1. The zero-order valence-corrected chi connectivity index (χ0v) is 15.4. The predicted molar refractivity (Wildman–Crippen MR) is 106 cm³/mol. The SMILES string of the molecule is COc1ccc(CCNC(=O)Nc2ccc(-n3cccc3)cc2)cc1OC. The topological polar surface area (TPSA) is 64.5 Å². The third-order valence-electron chi connectivity index (χ3n) is 4.17. The molecule has 2 amide bonds. The van der Waals surface area contributed by atoms with Gasteiger partial charge >= 0.3 is 6.03 Å². The Balaban J connectivity index is 1.48. The molecule has 2 aromatic carbocycles. The van der Waals surface area contributed by atoms with E-state index in [1.165, 1.54) is 0 Å². The van der Waals surface area contributed by atoms with E-state index in [2.05, 4.69) is 10.6 Å². The third-order valence-corrected chi connectivity index (χ3v) is 4.17. The maximum Gasteiger partial charge on any atom is 0.319 e. The number of amides is 2. The van der Waals surface area contributed by atoms with Gasteiger partial charge in [0.05, 0.1) is 14.2 Å². The fourth-order valence-electron chi connectivity index (χ4n) is 2.76. The van der Waals surface area contributed by atoms with E-state index in [1.54, 1.807) is 14.2 Å². The summed E-state index contributed by atoms with van der Waals surface area (Å²) in [5, 5.41) is 5.70. The van der Waals surface area contributed by atoms with Gasteiger partial charge in [-0.15, -0.1) is 0 Å². The first-order chi connectivity index (χ1) is 13.2. The number of benzene rings is 2. The van der Waals surface area contributed by atoms with Gasteiger partial charge in [-0.3, -0.25) is 0 Å². The summed E-state index contributed by atoms with van der Waals surface area (Å²) < 4.78 is 12.5. The van der Waals surface area contributed by atoms with Crippen LogP contribution in [0.1, 0.15) is 5.56 Å². The summed E-state index contributed by atoms with van der Waals surface area (Å²) in [6.07, 6.45) is 4.65. The number of nitrogens with zero attached hydrogens (tertiary/aromatic N) is 1. The first-order valence-electron chi connectivity index (χ1n) is 8.69. The highest BCUT2D eigenvalue weighted by atomic mass is 16.5. The summed E-state index contributed by atoms with van der Waals surface area (Å²) in [7, 11) is 3.21. The van der Waals surface area contributed by atoms with E-state index < -0.39 is 0 Å². The molecule has 140 valence electrons. The van der Waals surface area contributed by atoms with Crippen molar-refractivity contribution in [1.29, 1.82) is 0 Å². The number of aromatic nitrogens is 1. The predicted octanol–water partition coefficient (Wildman–Crippen LogP) is 3.86. The number of anilines is 1. The van der Waals surface area contributed by atoms with Gasteiger partial charge in [-0.2, -0.15) is 0 Å². The number of hydrogen-bond acceptors (Lipinski definition) is 3. The molecule has 0 saturated carbocycles. The molecular weight excluding hydrogens is 342 g/mol. The smallest absolute Gasteiger partial charge is 0.319 e. The largest absolute Gasteiger partial charge is 0.493 e. The van der Waals surface area contributed by atoms with Crippen LogP contribution >= 0.6 is 0 Å². The number of carbonyl (C=O) groups is 1. The van der Waals surface area contributed by atoms with Crippen molar-refractivity contribution in [3.8, 4) is 17.2 Å². The third kappa shape index (κ3) is 4.82. The van der Waals surface area contributed by atoms with E-state index in [9.17, 15) is 4.79 Å². The fraction of sp³-hybridized carbons (Fsp3) is 0.190. The van der Waals surface area contributed by atoms with Gasteiger partial charge in [0.1, 0.15) is 0 Å². The van der Waals surface area contributed by atoms with E-state index in [0.29, 0.717) is 24.5 Å². The molecule has 1 aromatic heterocycles. The van der Waals surface area contributed by atoms with E-state index in [-0.39, 0.29) is 6.03 Å². The van der Waals surface area contributed by atoms with Crippen molar-refractivity contribution >= 4 is 11.7 Å². The van der Waals surface area contributed by atoms with Crippen molar-refractivity contribution in [2.75, 3.05) is 26.1 Å². The summed E-state index contributed by atoms with van der Waals surface area (Å²) in [5.41, 5.74) is 2.85. The molecule has 2 N–H and O–H groups in total. The molecule has 0 bridgehead atoms. The van der Waals surface area contributed by atoms with Crippen LogP contribution in [0.2, 0.25) is 0 Å². The van der Waals surface area contributed by atoms with Gasteiger partial charge in [0, 0.05) is 30.3 Å². The lowest BCUT2D eigenvalue weighted by Crippen LogP contribution is -2.30. The maximum atomic E-state index is 12.1. The first kappa shape index (κ1) is 18.4. The van der Waals surface area contributed by atoms with Crippen LogP contribution in [0, 0.1) is 0 Å². The molecule has 0 radical (unpaired) electrons. The highest BCUT2D eigenvalue weighted by molar-refractivity contribution is 5.89. The first-order valence-corrected chi connectivity index (χ1v) is 8.69. The Labute approximate surface area is 158 Å². The molecule has 0 saturated heterocycles. The summed E-state index contributed by atoms with van der Waals surface area (Å²) >= 11 is 0. The average molecular weight is 365 g/mol. The molecule has 3 aromatic rings. The van der Waals surface area contributed by atoms with Gasteiger partial charge in [0.2, 0.25) is 0 Å². The molecule has 6 nitrogen and oxygen atoms in total. The minimum Gasteiger partial charge on any atom is -0.493 e. The summed E-state index contributed by atoms with van der Waals surface area (Å²) in [5.74, 6) is 1.37. The summed E-state index contributed by atoms with van der Waals surface area (Å²) in [4.78, 5) is 12.1. The second-order valence-corrected chi connectivity index (χ2v) is 5.96. The number of hydrogen-bond donors (Lipinski definition) is 2. The van der Waals surface area contributed by atoms with Gasteiger partial charge in [-0.25, -0.2) is 4.79 Å². The van der Waals surface area contributed by atoms with Gasteiger partial charge in [0.15, 0.2) is 11.5 Å². The molecule has 0 spiro atoms. The highest BCUT2D eigenvalue weighted by Gasteiger charge is 2.06. The Morgan fingerprint density at radius 1 is 0.963 bits per heavy atom. The van der Waals surface area contributed by atoms with Crippen LogP contribution in [0.4, 0.5) is 10.5 Å². The molecule has 0 aliphatic rings. The molecule has 6 heteroatoms. The second-order valence-electron chi connectivity index (χ2n) is 5.96. The summed E-state index contributed by atoms with van der Waals surface area (Å²) in [6.45, 7) is 0.517. The van der Waals surface area contributed by atoms with Crippen LogP contribution in [0.3, 0.4) is 0 Å². The van der Waals surface area contributed by atoms with E-state index in [4.69, 9.17) is 9.47 Å². The van der Waals surface area contributed by atoms with Crippen LogP contribution in [0.5, 0.6) is 11.5 Å². The normalized spacial score (nSPS) is 10.3. The van der Waals surface area contributed by atoms with Gasteiger partial charge in [0.25, 0.3) is 0 Å². The molecule has 0 fully saturated rings. The van der Waals surface area contributed by atoms with Crippen molar-refractivity contribution in [2.45, 2.75) is 6.42 Å². The lowest BCUT2D eigenvalue weighted by Gasteiger charge is -2.11. The van der Waals surface area contributed by atoms with Crippen LogP contribution in [-0.2, 0) is 6.42 Å². The van der Waals surface area contributed by atoms with Gasteiger partial charge in [-0.1, -0.05) is 6.07 Å². The van der Waals surface area contributed by atoms with Gasteiger partial charge in [-0.05, 0) is 60.5 Å². The molecule has 27 heavy (non-hydrogen) atoms. The Morgan fingerprint density at radius 3 is 2.33 bits per heavy atom. The lowest BCUT2D eigenvalue weighted by atomic mass is 10.1. The Hall–Kier alpha value is -3.41. The van der Waals surface area contributed by atoms with Crippen LogP contribution < -0.4 is 20.1 Å². The Morgan fingerprint density at radius 2 is 1.67 bits per heavy atom. The zero-order chi connectivity index (χ0) is 19.1. The maximum absolute atomic E-state index is 12.1. The Bertz CT molecular complexity index is 874. The monoisotopic (exact) mass is 365 g/mol. The van der Waals surface area contributed by atoms with Crippen LogP contribution in [0.25, 0.3) is 5.69 Å². The molecule has 3 rings (SSSR count). The molecule has 0 atom stereocenters. The highest BCUT2D eigenvalue weighted by Crippen LogP contribution is 2.27. The zero-order valence-electron chi connectivity index (χ0n) is 15.4. The molecule has 0 unspecified atom stereocenters. The van der Waals surface area contributed by atoms with E-state index in [0.717, 1.165) is 16.9 Å². The molecule has 1 heterocycles. The van der Waals surface area contributed by atoms with Crippen molar-refractivity contribution in [2.24, 2.45) is 0 Å². The van der Waals surface area contributed by atoms with Crippen molar-refractivity contribution in [3.63, 3.8) is 0 Å². The number of rotatable bonds is 7. The minimum atomic E-state index is -0.232. The Kier molecular flexibility index (Phi) is 5.99. The van der Waals surface area contributed by atoms with Crippen LogP contribution in [0.15, 0.2) is 67.0 Å². The minimum absolute atomic E-state index is 0.232. The van der Waals surface area contributed by atoms with Crippen molar-refractivity contribution < 1.29 is 14.3 Å². The standard InChI is InChI=1S/C21H23N3O3/c1-26-19-10-5-16(15-20(19)27-2)11-12-22-21(25)23-17-6-8-18(9-7-17)24-13-3-4-14-24/h3-10,13-15H,11-12H2,1-2H3,(H2,22,23,25). The van der Waals surface area contributed by atoms with E-state index >= 15 is 0 Å². The average Bonchev–Trinajstić information content (AvgIpc) is 3.23. The fourth-order valence-corrected chi connectivity index (χ4v) is 2.76. The van der Waals surface area contributed by atoms with Crippen LogP contribution in [-0.4, -0.2) is 31.4 Å². The number of methoxy groups -OCH3 is 2. The number of urea groups is 1. The van der Waals surface area contributed by atoms with E-state index in [1.807, 2.05) is 71.6 Å². The van der Waals surface area contributed by atoms with Crippen molar-refractivity contribution in [1.82, 2.24) is 9.88 Å². The molecule has 0 aliphatic carbocycles. The summed E-state index contributed by atoms with van der Waals surface area (Å²) in [6, 6.07) is 17.1. The van der Waals surface area contributed by atoms with Gasteiger partial charge < -0.3 is 24.7 Å².